The maximum atomic E-state index is 9.56. The molecule has 0 spiro atoms. The molecule has 0 aliphatic heterocycles. The minimum absolute atomic E-state index is 0.906. The van der Waals surface area contributed by atoms with Gasteiger partial charge in [0.15, 0.2) is 0 Å². The average Bonchev–Trinajstić information content (AvgIpc) is 2.37. The van der Waals surface area contributed by atoms with Crippen molar-refractivity contribution in [3.63, 3.8) is 0 Å². The third kappa shape index (κ3) is 4.24. The molecule has 0 aromatic heterocycles. The van der Waals surface area contributed by atoms with Crippen LogP contribution in [0.2, 0.25) is 0 Å². The number of hydrogen-bond donors (Lipinski definition) is 1. The second-order valence-corrected chi connectivity index (χ2v) is 5.81. The van der Waals surface area contributed by atoms with E-state index in [0.717, 1.165) is 15.6 Å². The van der Waals surface area contributed by atoms with Crippen LogP contribution in [0.25, 0.3) is 11.1 Å². The Bertz CT molecular complexity index is 608. The second-order valence-electron chi connectivity index (χ2n) is 4.89. The number of halogens is 1. The maximum absolute atomic E-state index is 9.56. The molecule has 1 N–H and O–H groups in total. The van der Waals surface area contributed by atoms with E-state index in [0.29, 0.717) is 0 Å². The topological polar surface area (TPSA) is 20.2 Å². The lowest BCUT2D eigenvalue weighted by Gasteiger charge is -2.06. The summed E-state index contributed by atoms with van der Waals surface area (Å²) in [5, 5.41) is 9.56. The summed E-state index contributed by atoms with van der Waals surface area (Å²) in [6, 6.07) is 16.2. The molecule has 0 atom stereocenters. The van der Waals surface area contributed by atoms with Gasteiger partial charge in [0.05, 0.1) is 0 Å². The summed E-state index contributed by atoms with van der Waals surface area (Å²) in [4.78, 5) is 0. The van der Waals surface area contributed by atoms with Crippen molar-refractivity contribution < 1.29 is 5.11 Å². The van der Waals surface area contributed by atoms with E-state index in [2.05, 4.69) is 39.9 Å². The number of rotatable bonds is 1. The van der Waals surface area contributed by atoms with Crippen molar-refractivity contribution in [2.24, 2.45) is 0 Å². The largest absolute Gasteiger partial charge is 0.378 e. The van der Waals surface area contributed by atoms with E-state index in [1.807, 2.05) is 36.4 Å². The minimum atomic E-state index is -0.954. The van der Waals surface area contributed by atoms with Crippen LogP contribution < -0.4 is 0 Å². The first-order valence-electron chi connectivity index (χ1n) is 6.06. The van der Waals surface area contributed by atoms with Gasteiger partial charge >= 0.3 is 0 Å². The van der Waals surface area contributed by atoms with E-state index in [-0.39, 0.29) is 0 Å². The van der Waals surface area contributed by atoms with Crippen LogP contribution in [0.15, 0.2) is 53.0 Å². The molecule has 0 aliphatic rings. The molecular weight excluding hydrogens is 300 g/mol. The molecule has 2 aromatic carbocycles. The number of aliphatic hydroxyl groups is 1. The first-order chi connectivity index (χ1) is 8.94. The highest BCUT2D eigenvalue weighted by molar-refractivity contribution is 9.10. The van der Waals surface area contributed by atoms with E-state index in [1.165, 1.54) is 5.56 Å². The van der Waals surface area contributed by atoms with Crippen molar-refractivity contribution in [3.05, 3.63) is 58.6 Å². The smallest absolute Gasteiger partial charge is 0.120 e. The lowest BCUT2D eigenvalue weighted by atomic mass is 10.0. The van der Waals surface area contributed by atoms with Gasteiger partial charge in [0.1, 0.15) is 5.60 Å². The van der Waals surface area contributed by atoms with Crippen molar-refractivity contribution in [1.29, 1.82) is 0 Å². The summed E-state index contributed by atoms with van der Waals surface area (Å²) in [6.07, 6.45) is 0. The molecule has 1 nitrogen and oxygen atoms in total. The molecule has 2 heteroatoms. The Balaban J connectivity index is 2.23. The highest BCUT2D eigenvalue weighted by Gasteiger charge is 2.05. The van der Waals surface area contributed by atoms with Crippen LogP contribution in [0.3, 0.4) is 0 Å². The Morgan fingerprint density at radius 2 is 1.37 bits per heavy atom. The first-order valence-corrected chi connectivity index (χ1v) is 6.85. The molecule has 0 saturated carbocycles. The van der Waals surface area contributed by atoms with E-state index in [1.54, 1.807) is 13.8 Å². The molecular formula is C17H15BrO. The zero-order valence-electron chi connectivity index (χ0n) is 10.9. The third-order valence-electron chi connectivity index (χ3n) is 2.58. The maximum Gasteiger partial charge on any atom is 0.120 e. The summed E-state index contributed by atoms with van der Waals surface area (Å²) in [7, 11) is 0. The second kappa shape index (κ2) is 5.61. The predicted molar refractivity (Wildman–Crippen MR) is 82.8 cm³/mol. The van der Waals surface area contributed by atoms with Gasteiger partial charge in [-0.1, -0.05) is 52.0 Å². The number of benzene rings is 2. The van der Waals surface area contributed by atoms with Gasteiger partial charge in [-0.25, -0.2) is 0 Å². The zero-order chi connectivity index (χ0) is 13.9. The zero-order valence-corrected chi connectivity index (χ0v) is 12.5. The first kappa shape index (κ1) is 13.9. The molecule has 0 amide bonds. The highest BCUT2D eigenvalue weighted by Crippen LogP contribution is 2.21. The van der Waals surface area contributed by atoms with Gasteiger partial charge in [0.25, 0.3) is 0 Å². The van der Waals surface area contributed by atoms with Gasteiger partial charge in [-0.2, -0.15) is 0 Å². The molecule has 19 heavy (non-hydrogen) atoms. The van der Waals surface area contributed by atoms with Crippen LogP contribution in [0.1, 0.15) is 19.4 Å². The third-order valence-corrected chi connectivity index (χ3v) is 3.10. The summed E-state index contributed by atoms with van der Waals surface area (Å²) in [5.41, 5.74) is 2.28. The van der Waals surface area contributed by atoms with Crippen molar-refractivity contribution in [3.8, 4) is 23.0 Å². The number of hydrogen-bond acceptors (Lipinski definition) is 1. The van der Waals surface area contributed by atoms with Gasteiger partial charge in [0.2, 0.25) is 0 Å². The van der Waals surface area contributed by atoms with Crippen molar-refractivity contribution >= 4 is 15.9 Å². The highest BCUT2D eigenvalue weighted by atomic mass is 79.9. The molecule has 2 rings (SSSR count). The van der Waals surface area contributed by atoms with Crippen LogP contribution in [-0.4, -0.2) is 10.7 Å². The minimum Gasteiger partial charge on any atom is -0.378 e. The Morgan fingerprint density at radius 3 is 1.84 bits per heavy atom. The van der Waals surface area contributed by atoms with Crippen LogP contribution in [0.5, 0.6) is 0 Å². The normalized spacial score (nSPS) is 10.7. The fraction of sp³-hybridized carbons (Fsp3) is 0.176. The van der Waals surface area contributed by atoms with Gasteiger partial charge in [-0.15, -0.1) is 0 Å². The van der Waals surface area contributed by atoms with E-state index >= 15 is 0 Å². The molecule has 0 aliphatic carbocycles. The molecule has 96 valence electrons. The van der Waals surface area contributed by atoms with Gasteiger partial charge in [-0.05, 0) is 49.2 Å². The van der Waals surface area contributed by atoms with Gasteiger partial charge < -0.3 is 5.11 Å². The molecule has 0 unspecified atom stereocenters. The molecule has 0 saturated heterocycles. The van der Waals surface area contributed by atoms with Gasteiger partial charge in [0, 0.05) is 10.0 Å². The van der Waals surface area contributed by atoms with Crippen LogP contribution in [0.4, 0.5) is 0 Å². The summed E-state index contributed by atoms with van der Waals surface area (Å²) < 4.78 is 1.07. The summed E-state index contributed by atoms with van der Waals surface area (Å²) >= 11 is 3.43. The van der Waals surface area contributed by atoms with E-state index in [9.17, 15) is 5.11 Å². The summed E-state index contributed by atoms with van der Waals surface area (Å²) in [5.74, 6) is 5.77. The van der Waals surface area contributed by atoms with Gasteiger partial charge in [-0.3, -0.25) is 0 Å². The molecule has 0 heterocycles. The Labute approximate surface area is 122 Å². The fourth-order valence-electron chi connectivity index (χ4n) is 1.61. The monoisotopic (exact) mass is 314 g/mol. The average molecular weight is 315 g/mol. The molecule has 2 aromatic rings. The van der Waals surface area contributed by atoms with Crippen molar-refractivity contribution in [2.75, 3.05) is 0 Å². The van der Waals surface area contributed by atoms with E-state index in [4.69, 9.17) is 0 Å². The van der Waals surface area contributed by atoms with Crippen molar-refractivity contribution in [2.45, 2.75) is 19.4 Å². The Morgan fingerprint density at radius 1 is 0.895 bits per heavy atom. The standard InChI is InChI=1S/C17H15BrO/c1-17(2,19)12-11-13-3-5-14(6-4-13)15-7-9-16(18)10-8-15/h3-10,19H,1-2H3. The van der Waals surface area contributed by atoms with Crippen molar-refractivity contribution in [1.82, 2.24) is 0 Å². The summed E-state index contributed by atoms with van der Waals surface area (Å²) in [6.45, 7) is 3.35. The van der Waals surface area contributed by atoms with Crippen LogP contribution in [-0.2, 0) is 0 Å². The lowest BCUT2D eigenvalue weighted by molar-refractivity contribution is 0.143. The molecule has 0 fully saturated rings. The Hall–Kier alpha value is -1.56. The molecule has 0 bridgehead atoms. The predicted octanol–water partition coefficient (Wildman–Crippen LogP) is 4.24. The fourth-order valence-corrected chi connectivity index (χ4v) is 1.88. The molecule has 0 radical (unpaired) electrons. The lowest BCUT2D eigenvalue weighted by Crippen LogP contribution is -2.14. The Kier molecular flexibility index (Phi) is 4.09. The van der Waals surface area contributed by atoms with Crippen LogP contribution >= 0.6 is 15.9 Å². The SMILES string of the molecule is CC(C)(O)C#Cc1ccc(-c2ccc(Br)cc2)cc1. The quantitative estimate of drug-likeness (QED) is 0.781. The van der Waals surface area contributed by atoms with Crippen LogP contribution in [0, 0.1) is 11.8 Å². The van der Waals surface area contributed by atoms with E-state index < -0.39 is 5.60 Å².